The SMILES string of the molecule is CC(C)(C)OC(=O)N[C@H]1CSc2ccc(C(=O)CCC3CCCOC3)cc2N(Cc2ccc(Cl)cc2)C1=O. The highest BCUT2D eigenvalue weighted by Crippen LogP contribution is 2.37. The lowest BCUT2D eigenvalue weighted by atomic mass is 9.94. The molecule has 2 aromatic rings. The fourth-order valence-electron chi connectivity index (χ4n) is 4.58. The molecule has 2 aliphatic rings. The summed E-state index contributed by atoms with van der Waals surface area (Å²) in [5.74, 6) is 0.541. The molecular formula is C29H35ClN2O5S. The third-order valence-electron chi connectivity index (χ3n) is 6.52. The average molecular weight is 559 g/mol. The molecule has 38 heavy (non-hydrogen) atoms. The number of ketones is 1. The maximum absolute atomic E-state index is 13.8. The minimum Gasteiger partial charge on any atom is -0.444 e. The summed E-state index contributed by atoms with van der Waals surface area (Å²) in [5.41, 5.74) is 1.44. The quantitative estimate of drug-likeness (QED) is 0.404. The third-order valence-corrected chi connectivity index (χ3v) is 7.93. The van der Waals surface area contributed by atoms with E-state index in [1.165, 1.54) is 11.8 Å². The van der Waals surface area contributed by atoms with Gasteiger partial charge in [-0.3, -0.25) is 9.59 Å². The summed E-state index contributed by atoms with van der Waals surface area (Å²) in [4.78, 5) is 42.0. The molecule has 1 unspecified atom stereocenters. The number of carbonyl (C=O) groups is 3. The largest absolute Gasteiger partial charge is 0.444 e. The molecule has 0 saturated carbocycles. The monoisotopic (exact) mass is 558 g/mol. The van der Waals surface area contributed by atoms with Crippen LogP contribution in [0.15, 0.2) is 47.4 Å². The van der Waals surface area contributed by atoms with Crippen molar-refractivity contribution < 1.29 is 23.9 Å². The molecule has 0 bridgehead atoms. The molecule has 1 N–H and O–H groups in total. The molecule has 2 aromatic carbocycles. The van der Waals surface area contributed by atoms with Crippen LogP contribution in [0.1, 0.15) is 62.4 Å². The predicted octanol–water partition coefficient (Wildman–Crippen LogP) is 6.26. The first kappa shape index (κ1) is 28.5. The van der Waals surface area contributed by atoms with E-state index in [1.54, 1.807) is 37.8 Å². The topological polar surface area (TPSA) is 84.9 Å². The number of halogens is 1. The van der Waals surface area contributed by atoms with E-state index < -0.39 is 17.7 Å². The molecule has 1 fully saturated rings. The first-order valence-corrected chi connectivity index (χ1v) is 14.4. The number of hydrogen-bond acceptors (Lipinski definition) is 6. The molecule has 9 heteroatoms. The second-order valence-corrected chi connectivity index (χ2v) is 12.3. The minimum atomic E-state index is -0.792. The minimum absolute atomic E-state index is 0.0509. The normalized spacial score (nSPS) is 19.9. The van der Waals surface area contributed by atoms with Crippen LogP contribution in [-0.4, -0.2) is 48.4 Å². The van der Waals surface area contributed by atoms with Crippen LogP contribution >= 0.6 is 23.4 Å². The predicted molar refractivity (Wildman–Crippen MR) is 150 cm³/mol. The Labute approximate surface area is 233 Å². The second-order valence-electron chi connectivity index (χ2n) is 10.8. The summed E-state index contributed by atoms with van der Waals surface area (Å²) < 4.78 is 11.0. The van der Waals surface area contributed by atoms with Crippen LogP contribution in [0.5, 0.6) is 0 Å². The van der Waals surface area contributed by atoms with Gasteiger partial charge in [-0.1, -0.05) is 29.8 Å². The number of anilines is 1. The maximum atomic E-state index is 13.8. The molecule has 1 saturated heterocycles. The molecule has 2 aliphatic heterocycles. The van der Waals surface area contributed by atoms with Gasteiger partial charge in [0.15, 0.2) is 5.78 Å². The number of Topliss-reactive ketones (excluding diaryl/α,β-unsaturated/α-hetero) is 1. The Balaban J connectivity index is 1.58. The van der Waals surface area contributed by atoms with Gasteiger partial charge in [0.2, 0.25) is 0 Å². The molecule has 0 spiro atoms. The van der Waals surface area contributed by atoms with Gasteiger partial charge in [0, 0.05) is 40.9 Å². The van der Waals surface area contributed by atoms with Gasteiger partial charge in [-0.2, -0.15) is 0 Å². The lowest BCUT2D eigenvalue weighted by Crippen LogP contribution is -2.50. The number of nitrogens with one attached hydrogen (secondary N) is 1. The number of hydrogen-bond donors (Lipinski definition) is 1. The van der Waals surface area contributed by atoms with E-state index in [4.69, 9.17) is 21.1 Å². The first-order valence-electron chi connectivity index (χ1n) is 13.0. The van der Waals surface area contributed by atoms with Crippen molar-refractivity contribution >= 4 is 46.8 Å². The number of amides is 2. The average Bonchev–Trinajstić information content (AvgIpc) is 3.00. The van der Waals surface area contributed by atoms with Gasteiger partial charge in [0.05, 0.1) is 12.2 Å². The third kappa shape index (κ3) is 7.74. The lowest BCUT2D eigenvalue weighted by Gasteiger charge is -2.27. The van der Waals surface area contributed by atoms with E-state index in [9.17, 15) is 14.4 Å². The molecule has 2 heterocycles. The summed E-state index contributed by atoms with van der Waals surface area (Å²) in [6, 6.07) is 12.0. The smallest absolute Gasteiger partial charge is 0.408 e. The lowest BCUT2D eigenvalue weighted by molar-refractivity contribution is -0.120. The molecule has 0 aliphatic carbocycles. The van der Waals surface area contributed by atoms with Gasteiger partial charge in [-0.25, -0.2) is 4.79 Å². The number of thioether (sulfide) groups is 1. The van der Waals surface area contributed by atoms with E-state index >= 15 is 0 Å². The van der Waals surface area contributed by atoms with Gasteiger partial charge in [-0.05, 0) is 75.8 Å². The first-order chi connectivity index (χ1) is 18.1. The van der Waals surface area contributed by atoms with Crippen LogP contribution in [0.25, 0.3) is 0 Å². The Bertz CT molecular complexity index is 1160. The van der Waals surface area contributed by atoms with Crippen LogP contribution in [0.2, 0.25) is 5.02 Å². The van der Waals surface area contributed by atoms with Crippen molar-refractivity contribution in [1.29, 1.82) is 0 Å². The van der Waals surface area contributed by atoms with Crippen molar-refractivity contribution in [2.24, 2.45) is 5.92 Å². The zero-order valence-corrected chi connectivity index (χ0v) is 23.7. The molecule has 0 radical (unpaired) electrons. The summed E-state index contributed by atoms with van der Waals surface area (Å²) in [6.45, 7) is 7.11. The highest BCUT2D eigenvalue weighted by molar-refractivity contribution is 7.99. The Morgan fingerprint density at radius 1 is 1.18 bits per heavy atom. The van der Waals surface area contributed by atoms with Crippen LogP contribution in [0, 0.1) is 5.92 Å². The van der Waals surface area contributed by atoms with Crippen molar-refractivity contribution in [2.75, 3.05) is 23.9 Å². The summed E-state index contributed by atoms with van der Waals surface area (Å²) in [7, 11) is 0. The van der Waals surface area contributed by atoms with E-state index in [1.807, 2.05) is 30.3 Å². The highest BCUT2D eigenvalue weighted by Gasteiger charge is 2.33. The summed E-state index contributed by atoms with van der Waals surface area (Å²) >= 11 is 7.55. The van der Waals surface area contributed by atoms with E-state index in [0.29, 0.717) is 41.0 Å². The van der Waals surface area contributed by atoms with Crippen molar-refractivity contribution in [3.63, 3.8) is 0 Å². The van der Waals surface area contributed by atoms with Gasteiger partial charge in [0.1, 0.15) is 11.6 Å². The number of ether oxygens (including phenoxy) is 2. The highest BCUT2D eigenvalue weighted by atomic mass is 35.5. The molecule has 2 atom stereocenters. The molecule has 2 amide bonds. The molecule has 7 nitrogen and oxygen atoms in total. The number of benzene rings is 2. The number of carbonyl (C=O) groups excluding carboxylic acids is 3. The van der Waals surface area contributed by atoms with Crippen LogP contribution in [0.4, 0.5) is 10.5 Å². The zero-order valence-electron chi connectivity index (χ0n) is 22.1. The van der Waals surface area contributed by atoms with E-state index in [0.717, 1.165) is 36.3 Å². The van der Waals surface area contributed by atoms with Crippen molar-refractivity contribution in [3.05, 3.63) is 58.6 Å². The Hall–Kier alpha value is -2.55. The second kappa shape index (κ2) is 12.5. The van der Waals surface area contributed by atoms with Gasteiger partial charge >= 0.3 is 6.09 Å². The Morgan fingerprint density at radius 2 is 1.95 bits per heavy atom. The number of nitrogens with zero attached hydrogens (tertiary/aromatic N) is 1. The Morgan fingerprint density at radius 3 is 2.63 bits per heavy atom. The number of fused-ring (bicyclic) bond motifs is 1. The molecule has 4 rings (SSSR count). The van der Waals surface area contributed by atoms with Crippen LogP contribution in [0.3, 0.4) is 0 Å². The van der Waals surface area contributed by atoms with E-state index in [-0.39, 0.29) is 18.2 Å². The fourth-order valence-corrected chi connectivity index (χ4v) is 5.76. The number of alkyl carbamates (subject to hydrolysis) is 1. The van der Waals surface area contributed by atoms with Crippen LogP contribution in [-0.2, 0) is 20.8 Å². The van der Waals surface area contributed by atoms with Crippen molar-refractivity contribution in [3.8, 4) is 0 Å². The zero-order chi connectivity index (χ0) is 27.3. The van der Waals surface area contributed by atoms with Crippen molar-refractivity contribution in [2.45, 2.75) is 69.5 Å². The fraction of sp³-hybridized carbons (Fsp3) is 0.483. The van der Waals surface area contributed by atoms with Crippen LogP contribution < -0.4 is 10.2 Å². The molecule has 204 valence electrons. The van der Waals surface area contributed by atoms with Gasteiger partial charge in [-0.15, -0.1) is 11.8 Å². The Kier molecular flexibility index (Phi) is 9.39. The number of rotatable bonds is 7. The van der Waals surface area contributed by atoms with Crippen molar-refractivity contribution in [1.82, 2.24) is 5.32 Å². The molecular weight excluding hydrogens is 524 g/mol. The summed E-state index contributed by atoms with van der Waals surface area (Å²) in [5, 5.41) is 3.35. The summed E-state index contributed by atoms with van der Waals surface area (Å²) in [6.07, 6.45) is 2.71. The molecule has 0 aromatic heterocycles. The standard InChI is InChI=1S/C29H35ClN2O5S/c1-29(2,3)37-28(35)31-23-18-38-26-13-9-21(25(33)12-8-20-5-4-14-36-17-20)15-24(26)32(27(23)34)16-19-6-10-22(30)11-7-19/h6-7,9-11,13,15,20,23H,4-5,8,12,14,16-18H2,1-3H3,(H,31,35)/t20?,23-/m0/s1. The van der Waals surface area contributed by atoms with Gasteiger partial charge < -0.3 is 19.7 Å². The van der Waals surface area contributed by atoms with E-state index in [2.05, 4.69) is 5.32 Å². The van der Waals surface area contributed by atoms with Gasteiger partial charge in [0.25, 0.3) is 5.91 Å². The maximum Gasteiger partial charge on any atom is 0.408 e.